The topological polar surface area (TPSA) is 59.4 Å². The van der Waals surface area contributed by atoms with E-state index >= 15 is 0 Å². The number of pyridine rings is 1. The molecule has 2 atom stereocenters. The molecule has 1 aromatic rings. The third kappa shape index (κ3) is 1.84. The number of aromatic nitrogens is 1. The van der Waals surface area contributed by atoms with Crippen molar-refractivity contribution in [2.45, 2.75) is 11.7 Å². The number of amides is 1. The summed E-state index contributed by atoms with van der Waals surface area (Å²) in [5.74, 6) is -0.569. The predicted molar refractivity (Wildman–Crippen MR) is 64.9 cm³/mol. The summed E-state index contributed by atoms with van der Waals surface area (Å²) in [5, 5.41) is 1.84. The van der Waals surface area contributed by atoms with Gasteiger partial charge in [-0.05, 0) is 17.5 Å². The summed E-state index contributed by atoms with van der Waals surface area (Å²) in [5.41, 5.74) is 0.617. The van der Waals surface area contributed by atoms with E-state index in [1.54, 1.807) is 18.3 Å². The normalized spacial score (nSPS) is 26.5. The highest BCUT2D eigenvalue weighted by Crippen LogP contribution is 2.49. The van der Waals surface area contributed by atoms with Crippen LogP contribution in [0.25, 0.3) is 0 Å². The van der Waals surface area contributed by atoms with Gasteiger partial charge < -0.3 is 0 Å². The van der Waals surface area contributed by atoms with Crippen molar-refractivity contribution in [3.8, 4) is 0 Å². The van der Waals surface area contributed by atoms with Gasteiger partial charge in [-0.3, -0.25) is 9.78 Å². The number of nitrogens with zero attached hydrogens (tertiary/aromatic N) is 2. The van der Waals surface area contributed by atoms with Crippen LogP contribution in [0.4, 0.5) is 0 Å². The maximum Gasteiger partial charge on any atom is 0.279 e. The highest BCUT2D eigenvalue weighted by molar-refractivity contribution is 8.04. The Bertz CT molecular complexity index is 508. The van der Waals surface area contributed by atoms with Gasteiger partial charge in [-0.2, -0.15) is 0 Å². The van der Waals surface area contributed by atoms with Crippen LogP contribution in [0.1, 0.15) is 12.6 Å². The van der Waals surface area contributed by atoms with Crippen LogP contribution in [0.2, 0.25) is 0 Å². The molecule has 17 heavy (non-hydrogen) atoms. The summed E-state index contributed by atoms with van der Waals surface area (Å²) in [4.78, 5) is 29.8. The smallest absolute Gasteiger partial charge is 0.270 e. The summed E-state index contributed by atoms with van der Waals surface area (Å²) >= 11 is 1.33. The monoisotopic (exact) mass is 246 g/mol. The molecule has 1 aliphatic rings. The summed E-state index contributed by atoms with van der Waals surface area (Å²) in [7, 11) is 0. The molecule has 0 fully saturated rings. The van der Waals surface area contributed by atoms with Gasteiger partial charge in [0.2, 0.25) is 6.08 Å². The maximum absolute atomic E-state index is 12.0. The van der Waals surface area contributed by atoms with Crippen LogP contribution < -0.4 is 0 Å². The van der Waals surface area contributed by atoms with Gasteiger partial charge in [0.15, 0.2) is 0 Å². The SMILES string of the molecule is CC1C=CSC1(C(=O)N=C=O)c1ccccn1. The fourth-order valence-electron chi connectivity index (χ4n) is 1.86. The minimum absolute atomic E-state index is 0.0630. The molecule has 1 aromatic heterocycles. The van der Waals surface area contributed by atoms with E-state index < -0.39 is 10.7 Å². The first kappa shape index (κ1) is 11.8. The Morgan fingerprint density at radius 2 is 2.41 bits per heavy atom. The Morgan fingerprint density at radius 1 is 1.59 bits per heavy atom. The number of carbonyl (C=O) groups is 1. The highest BCUT2D eigenvalue weighted by Gasteiger charge is 2.48. The number of isocyanates is 1. The van der Waals surface area contributed by atoms with Crippen molar-refractivity contribution in [2.24, 2.45) is 10.9 Å². The van der Waals surface area contributed by atoms with E-state index in [2.05, 4.69) is 9.98 Å². The third-order valence-electron chi connectivity index (χ3n) is 2.77. The molecule has 0 N–H and O–H groups in total. The molecule has 2 unspecified atom stereocenters. The van der Waals surface area contributed by atoms with E-state index in [0.29, 0.717) is 5.69 Å². The molecule has 0 bridgehead atoms. The number of rotatable bonds is 2. The zero-order valence-corrected chi connectivity index (χ0v) is 9.98. The molecule has 0 aromatic carbocycles. The van der Waals surface area contributed by atoms with Crippen molar-refractivity contribution < 1.29 is 9.59 Å². The van der Waals surface area contributed by atoms with Crippen LogP contribution >= 0.6 is 11.8 Å². The zero-order valence-electron chi connectivity index (χ0n) is 9.16. The van der Waals surface area contributed by atoms with Gasteiger partial charge in [0, 0.05) is 12.1 Å². The van der Waals surface area contributed by atoms with Gasteiger partial charge in [-0.15, -0.1) is 16.8 Å². The molecular weight excluding hydrogens is 236 g/mol. The molecular formula is C12H10N2O2S. The molecule has 0 saturated heterocycles. The number of aliphatic imine (C=N–C) groups is 1. The summed E-state index contributed by atoms with van der Waals surface area (Å²) in [6.07, 6.45) is 4.86. The number of thioether (sulfide) groups is 1. The van der Waals surface area contributed by atoms with E-state index in [0.717, 1.165) is 0 Å². The number of hydrogen-bond donors (Lipinski definition) is 0. The van der Waals surface area contributed by atoms with Crippen molar-refractivity contribution in [3.63, 3.8) is 0 Å². The zero-order chi connectivity index (χ0) is 12.3. The highest BCUT2D eigenvalue weighted by atomic mass is 32.2. The quantitative estimate of drug-likeness (QED) is 0.592. The Hall–Kier alpha value is -1.71. The minimum Gasteiger partial charge on any atom is -0.270 e. The van der Waals surface area contributed by atoms with Gasteiger partial charge in [0.05, 0.1) is 5.69 Å². The Morgan fingerprint density at radius 3 is 2.94 bits per heavy atom. The van der Waals surface area contributed by atoms with Gasteiger partial charge in [-0.1, -0.05) is 19.1 Å². The Kier molecular flexibility index (Phi) is 3.22. The molecule has 0 aliphatic carbocycles. The molecule has 1 aliphatic heterocycles. The first-order valence-electron chi connectivity index (χ1n) is 5.10. The molecule has 4 nitrogen and oxygen atoms in total. The average Bonchev–Trinajstić information content (AvgIpc) is 2.73. The molecule has 1 amide bonds. The minimum atomic E-state index is -0.918. The Balaban J connectivity index is 2.53. The Labute approximate surface area is 103 Å². The van der Waals surface area contributed by atoms with Crippen molar-refractivity contribution >= 4 is 23.7 Å². The second kappa shape index (κ2) is 4.65. The largest absolute Gasteiger partial charge is 0.279 e. The van der Waals surface area contributed by atoms with Gasteiger partial charge in [-0.25, -0.2) is 4.79 Å². The van der Waals surface area contributed by atoms with Crippen LogP contribution in [0.3, 0.4) is 0 Å². The third-order valence-corrected chi connectivity index (χ3v) is 4.19. The van der Waals surface area contributed by atoms with Crippen LogP contribution in [0.15, 0.2) is 40.9 Å². The average molecular weight is 246 g/mol. The summed E-state index contributed by atoms with van der Waals surface area (Å²) in [6, 6.07) is 5.37. The van der Waals surface area contributed by atoms with E-state index in [4.69, 9.17) is 0 Å². The second-order valence-corrected chi connectivity index (χ2v) is 4.85. The lowest BCUT2D eigenvalue weighted by atomic mass is 9.89. The fraction of sp³-hybridized carbons (Fsp3) is 0.250. The van der Waals surface area contributed by atoms with Gasteiger partial charge >= 0.3 is 0 Å². The summed E-state index contributed by atoms with van der Waals surface area (Å²) < 4.78 is -0.918. The van der Waals surface area contributed by atoms with E-state index in [1.165, 1.54) is 17.8 Å². The molecule has 5 heteroatoms. The van der Waals surface area contributed by atoms with Crippen molar-refractivity contribution in [2.75, 3.05) is 0 Å². The number of hydrogen-bond acceptors (Lipinski definition) is 4. The second-order valence-electron chi connectivity index (χ2n) is 3.69. The lowest BCUT2D eigenvalue weighted by Crippen LogP contribution is -2.35. The maximum atomic E-state index is 12.0. The van der Waals surface area contributed by atoms with Crippen LogP contribution in [0, 0.1) is 5.92 Å². The van der Waals surface area contributed by atoms with Gasteiger partial charge in [0.25, 0.3) is 5.91 Å². The molecule has 86 valence electrons. The van der Waals surface area contributed by atoms with E-state index in [9.17, 15) is 9.59 Å². The van der Waals surface area contributed by atoms with E-state index in [1.807, 2.05) is 24.5 Å². The number of allylic oxidation sites excluding steroid dienone is 1. The molecule has 0 spiro atoms. The van der Waals surface area contributed by atoms with Crippen LogP contribution in [0.5, 0.6) is 0 Å². The molecule has 0 saturated carbocycles. The molecule has 2 heterocycles. The van der Waals surface area contributed by atoms with Crippen molar-refractivity contribution in [1.29, 1.82) is 0 Å². The predicted octanol–water partition coefficient (Wildman–Crippen LogP) is 2.04. The van der Waals surface area contributed by atoms with Gasteiger partial charge in [0.1, 0.15) is 4.75 Å². The fourth-order valence-corrected chi connectivity index (χ4v) is 3.07. The lowest BCUT2D eigenvalue weighted by molar-refractivity contribution is -0.121. The molecule has 0 radical (unpaired) electrons. The van der Waals surface area contributed by atoms with Crippen molar-refractivity contribution in [1.82, 2.24) is 4.98 Å². The summed E-state index contributed by atoms with van der Waals surface area (Å²) in [6.45, 7) is 1.91. The van der Waals surface area contributed by atoms with Crippen LogP contribution in [-0.2, 0) is 14.3 Å². The van der Waals surface area contributed by atoms with E-state index in [-0.39, 0.29) is 5.92 Å². The lowest BCUT2D eigenvalue weighted by Gasteiger charge is -2.27. The van der Waals surface area contributed by atoms with Crippen LogP contribution in [-0.4, -0.2) is 17.0 Å². The molecule has 2 rings (SSSR count). The first-order chi connectivity index (χ1) is 8.21. The standard InChI is InChI=1S/C12H10N2O2S/c1-9-5-7-17-12(9,11(16)14-8-15)10-4-2-3-6-13-10/h2-7,9H,1H3. The number of carbonyl (C=O) groups excluding carboxylic acids is 2. The first-order valence-corrected chi connectivity index (χ1v) is 5.98. The van der Waals surface area contributed by atoms with Crippen molar-refractivity contribution in [3.05, 3.63) is 41.6 Å².